The molecule has 1 heterocycles. The van der Waals surface area contributed by atoms with Crippen molar-refractivity contribution in [3.63, 3.8) is 0 Å². The van der Waals surface area contributed by atoms with Gasteiger partial charge in [0.2, 0.25) is 10.0 Å². The van der Waals surface area contributed by atoms with Crippen molar-refractivity contribution in [1.82, 2.24) is 4.31 Å². The summed E-state index contributed by atoms with van der Waals surface area (Å²) >= 11 is 1.40. The number of nitrogens with two attached hydrogens (primary N) is 1. The molecular weight excluding hydrogens is 232 g/mol. The van der Waals surface area contributed by atoms with E-state index in [9.17, 15) is 8.42 Å². The zero-order chi connectivity index (χ0) is 11.1. The Kier molecular flexibility index (Phi) is 2.85. The van der Waals surface area contributed by atoms with E-state index in [1.54, 1.807) is 18.5 Å². The third-order valence-corrected chi connectivity index (χ3v) is 5.68. The van der Waals surface area contributed by atoms with Crippen molar-refractivity contribution in [2.24, 2.45) is 5.73 Å². The van der Waals surface area contributed by atoms with Crippen molar-refractivity contribution in [2.45, 2.75) is 30.3 Å². The predicted molar refractivity (Wildman–Crippen MR) is 60.2 cm³/mol. The number of hydrogen-bond donors (Lipinski definition) is 1. The quantitative estimate of drug-likeness (QED) is 0.861. The summed E-state index contributed by atoms with van der Waals surface area (Å²) in [7, 11) is -1.67. The molecule has 1 aromatic heterocycles. The van der Waals surface area contributed by atoms with Crippen LogP contribution in [0.25, 0.3) is 0 Å². The zero-order valence-electron chi connectivity index (χ0n) is 8.51. The second-order valence-corrected chi connectivity index (χ2v) is 6.63. The SMILES string of the molecule is CN(C1CC1)S(=O)(=O)c1ccsc1CN. The van der Waals surface area contributed by atoms with Gasteiger partial charge < -0.3 is 5.73 Å². The second-order valence-electron chi connectivity index (χ2n) is 3.66. The average Bonchev–Trinajstić information content (AvgIpc) is 2.93. The minimum atomic E-state index is -3.31. The first-order valence-corrected chi connectivity index (χ1v) is 7.14. The van der Waals surface area contributed by atoms with Gasteiger partial charge in [-0.1, -0.05) is 0 Å². The van der Waals surface area contributed by atoms with Crippen LogP contribution < -0.4 is 5.73 Å². The molecule has 4 nitrogen and oxygen atoms in total. The first-order chi connectivity index (χ1) is 7.07. The molecule has 0 saturated heterocycles. The van der Waals surface area contributed by atoms with E-state index in [0.29, 0.717) is 4.90 Å². The monoisotopic (exact) mass is 246 g/mol. The molecular formula is C9H14N2O2S2. The minimum Gasteiger partial charge on any atom is -0.326 e. The molecule has 1 aliphatic rings. The summed E-state index contributed by atoms with van der Waals surface area (Å²) in [5.41, 5.74) is 5.51. The lowest BCUT2D eigenvalue weighted by molar-refractivity contribution is 0.464. The second kappa shape index (κ2) is 3.86. The van der Waals surface area contributed by atoms with Crippen LogP contribution >= 0.6 is 11.3 Å². The average molecular weight is 246 g/mol. The van der Waals surface area contributed by atoms with Gasteiger partial charge in [0.15, 0.2) is 0 Å². The molecule has 2 N–H and O–H groups in total. The maximum atomic E-state index is 12.1. The normalized spacial score (nSPS) is 17.3. The van der Waals surface area contributed by atoms with E-state index >= 15 is 0 Å². The van der Waals surface area contributed by atoms with Crippen molar-refractivity contribution < 1.29 is 8.42 Å². The maximum absolute atomic E-state index is 12.1. The van der Waals surface area contributed by atoms with Gasteiger partial charge in [-0.15, -0.1) is 11.3 Å². The van der Waals surface area contributed by atoms with Crippen LogP contribution in [0.15, 0.2) is 16.3 Å². The summed E-state index contributed by atoms with van der Waals surface area (Å²) in [5.74, 6) is 0. The standard InChI is InChI=1S/C9H14N2O2S2/c1-11(7-2-3-7)15(12,13)9-4-5-14-8(9)6-10/h4-5,7H,2-3,6,10H2,1H3. The third-order valence-electron chi connectivity index (χ3n) is 2.61. The van der Waals surface area contributed by atoms with E-state index in [0.717, 1.165) is 17.7 Å². The fraction of sp³-hybridized carbons (Fsp3) is 0.556. The topological polar surface area (TPSA) is 63.4 Å². The van der Waals surface area contributed by atoms with Gasteiger partial charge in [0.25, 0.3) is 0 Å². The highest BCUT2D eigenvalue weighted by atomic mass is 32.2. The zero-order valence-corrected chi connectivity index (χ0v) is 10.1. The van der Waals surface area contributed by atoms with E-state index in [4.69, 9.17) is 5.73 Å². The van der Waals surface area contributed by atoms with Crippen molar-refractivity contribution in [3.05, 3.63) is 16.3 Å². The van der Waals surface area contributed by atoms with Gasteiger partial charge >= 0.3 is 0 Å². The van der Waals surface area contributed by atoms with Gasteiger partial charge in [0.05, 0.1) is 4.90 Å². The Morgan fingerprint density at radius 3 is 2.80 bits per heavy atom. The van der Waals surface area contributed by atoms with Crippen molar-refractivity contribution >= 4 is 21.4 Å². The number of rotatable bonds is 4. The van der Waals surface area contributed by atoms with Crippen LogP contribution in [0.2, 0.25) is 0 Å². The first kappa shape index (κ1) is 11.1. The molecule has 2 rings (SSSR count). The molecule has 84 valence electrons. The highest BCUT2D eigenvalue weighted by Gasteiger charge is 2.36. The molecule has 0 aliphatic heterocycles. The van der Waals surface area contributed by atoms with Crippen LogP contribution in [0.4, 0.5) is 0 Å². The van der Waals surface area contributed by atoms with Crippen LogP contribution in [-0.2, 0) is 16.6 Å². The first-order valence-electron chi connectivity index (χ1n) is 4.82. The van der Waals surface area contributed by atoms with E-state index in [-0.39, 0.29) is 12.6 Å². The molecule has 0 spiro atoms. The lowest BCUT2D eigenvalue weighted by Crippen LogP contribution is -2.29. The van der Waals surface area contributed by atoms with Crippen LogP contribution in [0, 0.1) is 0 Å². The summed E-state index contributed by atoms with van der Waals surface area (Å²) in [5, 5.41) is 1.77. The molecule has 0 bridgehead atoms. The maximum Gasteiger partial charge on any atom is 0.244 e. The van der Waals surface area contributed by atoms with Gasteiger partial charge in [0, 0.05) is 24.5 Å². The molecule has 1 saturated carbocycles. The predicted octanol–water partition coefficient (Wildman–Crippen LogP) is 0.990. The molecule has 0 amide bonds. The summed E-state index contributed by atoms with van der Waals surface area (Å²) in [6, 6.07) is 1.83. The highest BCUT2D eigenvalue weighted by Crippen LogP contribution is 2.32. The summed E-state index contributed by atoms with van der Waals surface area (Å²) in [4.78, 5) is 1.12. The lowest BCUT2D eigenvalue weighted by Gasteiger charge is -2.16. The van der Waals surface area contributed by atoms with E-state index in [2.05, 4.69) is 0 Å². The van der Waals surface area contributed by atoms with Gasteiger partial charge in [-0.3, -0.25) is 0 Å². The number of hydrogen-bond acceptors (Lipinski definition) is 4. The van der Waals surface area contributed by atoms with Gasteiger partial charge in [-0.25, -0.2) is 8.42 Å². The molecule has 0 unspecified atom stereocenters. The van der Waals surface area contributed by atoms with Gasteiger partial charge in [-0.05, 0) is 24.3 Å². The van der Waals surface area contributed by atoms with E-state index < -0.39 is 10.0 Å². The fourth-order valence-electron chi connectivity index (χ4n) is 1.50. The van der Waals surface area contributed by atoms with Crippen LogP contribution in [0.3, 0.4) is 0 Å². The Morgan fingerprint density at radius 2 is 2.27 bits per heavy atom. The van der Waals surface area contributed by atoms with Gasteiger partial charge in [-0.2, -0.15) is 4.31 Å². The lowest BCUT2D eigenvalue weighted by atomic mass is 10.5. The molecule has 1 fully saturated rings. The minimum absolute atomic E-state index is 0.195. The fourth-order valence-corrected chi connectivity index (χ4v) is 4.22. The third kappa shape index (κ3) is 1.94. The Bertz CT molecular complexity index is 448. The Morgan fingerprint density at radius 1 is 1.60 bits per heavy atom. The van der Waals surface area contributed by atoms with Crippen LogP contribution in [-0.4, -0.2) is 25.8 Å². The molecule has 0 radical (unpaired) electrons. The van der Waals surface area contributed by atoms with Crippen molar-refractivity contribution in [3.8, 4) is 0 Å². The Balaban J connectivity index is 2.36. The molecule has 6 heteroatoms. The smallest absolute Gasteiger partial charge is 0.244 e. The number of sulfonamides is 1. The van der Waals surface area contributed by atoms with Crippen LogP contribution in [0.5, 0.6) is 0 Å². The van der Waals surface area contributed by atoms with E-state index in [1.165, 1.54) is 15.6 Å². The molecule has 0 atom stereocenters. The molecule has 0 aromatic carbocycles. The Labute approximate surface area is 93.8 Å². The summed E-state index contributed by atoms with van der Waals surface area (Å²) < 4.78 is 25.7. The largest absolute Gasteiger partial charge is 0.326 e. The summed E-state index contributed by atoms with van der Waals surface area (Å²) in [6.45, 7) is 0.282. The molecule has 15 heavy (non-hydrogen) atoms. The number of thiophene rings is 1. The molecule has 1 aliphatic carbocycles. The Hall–Kier alpha value is -0.430. The van der Waals surface area contributed by atoms with Crippen molar-refractivity contribution in [2.75, 3.05) is 7.05 Å². The van der Waals surface area contributed by atoms with E-state index in [1.807, 2.05) is 0 Å². The van der Waals surface area contributed by atoms with Crippen LogP contribution in [0.1, 0.15) is 17.7 Å². The van der Waals surface area contributed by atoms with Crippen molar-refractivity contribution in [1.29, 1.82) is 0 Å². The highest BCUT2D eigenvalue weighted by molar-refractivity contribution is 7.89. The van der Waals surface area contributed by atoms with Gasteiger partial charge in [0.1, 0.15) is 0 Å². The number of nitrogens with zero attached hydrogens (tertiary/aromatic N) is 1. The molecule has 1 aromatic rings. The summed E-state index contributed by atoms with van der Waals surface area (Å²) in [6.07, 6.45) is 1.94.